The molecule has 2 amide bonds. The first-order valence-electron chi connectivity index (χ1n) is 6.75. The summed E-state index contributed by atoms with van der Waals surface area (Å²) in [6, 6.07) is 7.24. The van der Waals surface area contributed by atoms with Gasteiger partial charge in [-0.2, -0.15) is 0 Å². The number of aryl methyl sites for hydroxylation is 1. The van der Waals surface area contributed by atoms with Crippen LogP contribution in [-0.4, -0.2) is 17.6 Å². The number of Topliss-reactive ketones (excluding diaryl/α,β-unsaturated/α-hetero) is 1. The number of rotatable bonds is 5. The Morgan fingerprint density at radius 2 is 1.70 bits per heavy atom. The summed E-state index contributed by atoms with van der Waals surface area (Å²) < 4.78 is 0. The highest BCUT2D eigenvalue weighted by Gasteiger charge is 2.29. The van der Waals surface area contributed by atoms with Crippen molar-refractivity contribution in [2.45, 2.75) is 32.6 Å². The third-order valence-corrected chi connectivity index (χ3v) is 3.23. The topological polar surface area (TPSA) is 75.3 Å². The zero-order valence-corrected chi connectivity index (χ0v) is 11.4. The first-order valence-corrected chi connectivity index (χ1v) is 6.75. The maximum absolute atomic E-state index is 11.8. The van der Waals surface area contributed by atoms with Gasteiger partial charge in [0.05, 0.1) is 0 Å². The summed E-state index contributed by atoms with van der Waals surface area (Å²) in [5, 5.41) is 0. The molecule has 1 aliphatic rings. The average Bonchev–Trinajstić information content (AvgIpc) is 3.27. The first-order chi connectivity index (χ1) is 9.56. The van der Waals surface area contributed by atoms with E-state index in [0.29, 0.717) is 5.56 Å². The average molecular weight is 274 g/mol. The second-order valence-electron chi connectivity index (χ2n) is 5.10. The van der Waals surface area contributed by atoms with Gasteiger partial charge >= 0.3 is 0 Å². The van der Waals surface area contributed by atoms with Gasteiger partial charge in [-0.1, -0.05) is 29.8 Å². The minimum atomic E-state index is -0.348. The second kappa shape index (κ2) is 6.32. The molecule has 1 fully saturated rings. The van der Waals surface area contributed by atoms with Gasteiger partial charge in [0.15, 0.2) is 5.78 Å². The lowest BCUT2D eigenvalue weighted by Gasteiger charge is -2.06. The summed E-state index contributed by atoms with van der Waals surface area (Å²) in [6.07, 6.45) is 1.97. The SMILES string of the molecule is Cc1ccc(C(=O)CCC(=O)NNC(=O)C2CC2)cc1. The van der Waals surface area contributed by atoms with E-state index in [1.54, 1.807) is 12.1 Å². The van der Waals surface area contributed by atoms with Crippen molar-refractivity contribution >= 4 is 17.6 Å². The van der Waals surface area contributed by atoms with E-state index in [1.165, 1.54) is 0 Å². The molecule has 0 heterocycles. The monoisotopic (exact) mass is 274 g/mol. The number of hydrazine groups is 1. The molecule has 0 bridgehead atoms. The van der Waals surface area contributed by atoms with Gasteiger partial charge in [-0.05, 0) is 19.8 Å². The van der Waals surface area contributed by atoms with E-state index in [4.69, 9.17) is 0 Å². The van der Waals surface area contributed by atoms with E-state index in [2.05, 4.69) is 10.9 Å². The van der Waals surface area contributed by atoms with E-state index in [-0.39, 0.29) is 36.4 Å². The van der Waals surface area contributed by atoms with Crippen LogP contribution in [0.3, 0.4) is 0 Å². The van der Waals surface area contributed by atoms with Gasteiger partial charge in [0, 0.05) is 24.3 Å². The summed E-state index contributed by atoms with van der Waals surface area (Å²) in [6.45, 7) is 1.95. The molecule has 20 heavy (non-hydrogen) atoms. The molecule has 5 heteroatoms. The lowest BCUT2D eigenvalue weighted by Crippen LogP contribution is -2.42. The van der Waals surface area contributed by atoms with Gasteiger partial charge in [0.2, 0.25) is 11.8 Å². The molecule has 106 valence electrons. The Balaban J connectivity index is 1.70. The van der Waals surface area contributed by atoms with Crippen LogP contribution in [0.25, 0.3) is 0 Å². The van der Waals surface area contributed by atoms with E-state index < -0.39 is 0 Å². The van der Waals surface area contributed by atoms with E-state index >= 15 is 0 Å². The minimum absolute atomic E-state index is 0.0458. The number of carbonyl (C=O) groups is 3. The normalized spacial score (nSPS) is 13.7. The maximum atomic E-state index is 11.8. The molecule has 2 rings (SSSR count). The number of carbonyl (C=O) groups excluding carboxylic acids is 3. The Bertz CT molecular complexity index is 518. The number of hydrogen-bond donors (Lipinski definition) is 2. The molecule has 0 spiro atoms. The van der Waals surface area contributed by atoms with E-state index in [1.807, 2.05) is 19.1 Å². The molecule has 0 saturated heterocycles. The maximum Gasteiger partial charge on any atom is 0.241 e. The number of ketones is 1. The summed E-state index contributed by atoms with van der Waals surface area (Å²) >= 11 is 0. The molecule has 0 aromatic heterocycles. The fraction of sp³-hybridized carbons (Fsp3) is 0.400. The smallest absolute Gasteiger partial charge is 0.241 e. The van der Waals surface area contributed by atoms with Gasteiger partial charge in [0.25, 0.3) is 0 Å². The lowest BCUT2D eigenvalue weighted by atomic mass is 10.1. The zero-order valence-electron chi connectivity index (χ0n) is 11.4. The number of hydrogen-bond acceptors (Lipinski definition) is 3. The minimum Gasteiger partial charge on any atom is -0.294 e. The highest BCUT2D eigenvalue weighted by molar-refractivity contribution is 5.98. The largest absolute Gasteiger partial charge is 0.294 e. The lowest BCUT2D eigenvalue weighted by molar-refractivity contribution is -0.129. The van der Waals surface area contributed by atoms with Crippen LogP contribution in [0.15, 0.2) is 24.3 Å². The standard InChI is InChI=1S/C15H18N2O3/c1-10-2-4-11(5-3-10)13(18)8-9-14(19)16-17-15(20)12-6-7-12/h2-5,12H,6-9H2,1H3,(H,16,19)(H,17,20). The van der Waals surface area contributed by atoms with E-state index in [9.17, 15) is 14.4 Å². The molecular weight excluding hydrogens is 256 g/mol. The molecule has 2 N–H and O–H groups in total. The summed E-state index contributed by atoms with van der Waals surface area (Å²) in [7, 11) is 0. The fourth-order valence-corrected chi connectivity index (χ4v) is 1.75. The predicted octanol–water partition coefficient (Wildman–Crippen LogP) is 1.52. The zero-order chi connectivity index (χ0) is 14.5. The van der Waals surface area contributed by atoms with Crippen molar-refractivity contribution in [1.29, 1.82) is 0 Å². The van der Waals surface area contributed by atoms with Gasteiger partial charge < -0.3 is 0 Å². The Morgan fingerprint density at radius 1 is 1.05 bits per heavy atom. The first kappa shape index (κ1) is 14.2. The Hall–Kier alpha value is -2.17. The molecular formula is C15H18N2O3. The van der Waals surface area contributed by atoms with Gasteiger partial charge in [-0.25, -0.2) is 0 Å². The van der Waals surface area contributed by atoms with E-state index in [0.717, 1.165) is 18.4 Å². The molecule has 1 aromatic rings. The van der Waals surface area contributed by atoms with Crippen LogP contribution in [0.5, 0.6) is 0 Å². The number of amides is 2. The summed E-state index contributed by atoms with van der Waals surface area (Å²) in [5.74, 6) is -0.527. The molecule has 1 aliphatic carbocycles. The molecule has 0 unspecified atom stereocenters. The number of benzene rings is 1. The number of nitrogens with one attached hydrogen (secondary N) is 2. The van der Waals surface area contributed by atoms with Crippen molar-refractivity contribution in [3.05, 3.63) is 35.4 Å². The van der Waals surface area contributed by atoms with Crippen LogP contribution >= 0.6 is 0 Å². The molecule has 1 saturated carbocycles. The van der Waals surface area contributed by atoms with Gasteiger partial charge in [-0.15, -0.1) is 0 Å². The van der Waals surface area contributed by atoms with Crippen LogP contribution in [0.2, 0.25) is 0 Å². The van der Waals surface area contributed by atoms with Crippen LogP contribution in [0.1, 0.15) is 41.6 Å². The van der Waals surface area contributed by atoms with Crippen LogP contribution in [-0.2, 0) is 9.59 Å². The van der Waals surface area contributed by atoms with Gasteiger partial charge in [-0.3, -0.25) is 25.2 Å². The third-order valence-electron chi connectivity index (χ3n) is 3.23. The Labute approximate surface area is 117 Å². The molecule has 5 nitrogen and oxygen atoms in total. The molecule has 0 atom stereocenters. The van der Waals surface area contributed by atoms with Gasteiger partial charge in [0.1, 0.15) is 0 Å². The fourth-order valence-electron chi connectivity index (χ4n) is 1.75. The second-order valence-corrected chi connectivity index (χ2v) is 5.10. The quantitative estimate of drug-likeness (QED) is 0.631. The van der Waals surface area contributed by atoms with Crippen LogP contribution < -0.4 is 10.9 Å². The predicted molar refractivity (Wildman–Crippen MR) is 73.8 cm³/mol. The van der Waals surface area contributed by atoms with Crippen molar-refractivity contribution in [2.75, 3.05) is 0 Å². The summed E-state index contributed by atoms with van der Waals surface area (Å²) in [4.78, 5) is 34.7. The highest BCUT2D eigenvalue weighted by atomic mass is 16.2. The van der Waals surface area contributed by atoms with Crippen molar-refractivity contribution in [2.24, 2.45) is 5.92 Å². The third kappa shape index (κ3) is 4.19. The van der Waals surface area contributed by atoms with Crippen molar-refractivity contribution in [1.82, 2.24) is 10.9 Å². The van der Waals surface area contributed by atoms with Crippen molar-refractivity contribution < 1.29 is 14.4 Å². The summed E-state index contributed by atoms with van der Waals surface area (Å²) in [5.41, 5.74) is 6.38. The van der Waals surface area contributed by atoms with Crippen LogP contribution in [0.4, 0.5) is 0 Å². The molecule has 1 aromatic carbocycles. The molecule has 0 radical (unpaired) electrons. The van der Waals surface area contributed by atoms with Crippen molar-refractivity contribution in [3.8, 4) is 0 Å². The van der Waals surface area contributed by atoms with Crippen LogP contribution in [0, 0.1) is 12.8 Å². The molecule has 0 aliphatic heterocycles. The Morgan fingerprint density at radius 3 is 2.30 bits per heavy atom. The highest BCUT2D eigenvalue weighted by Crippen LogP contribution is 2.28. The van der Waals surface area contributed by atoms with Crippen molar-refractivity contribution in [3.63, 3.8) is 0 Å². The Kier molecular flexibility index (Phi) is 4.50.